The van der Waals surface area contributed by atoms with Gasteiger partial charge in [-0.1, -0.05) is 10.7 Å². The molecule has 120 valence electrons. The van der Waals surface area contributed by atoms with Gasteiger partial charge in [0.1, 0.15) is 0 Å². The molecule has 0 saturated heterocycles. The summed E-state index contributed by atoms with van der Waals surface area (Å²) in [4.78, 5) is 24.7. The second kappa shape index (κ2) is 10.7. The van der Waals surface area contributed by atoms with Crippen molar-refractivity contribution in [2.45, 2.75) is 32.1 Å². The maximum absolute atomic E-state index is 8.93. The molecule has 0 aromatic carbocycles. The molecule has 3 rings (SSSR count). The minimum absolute atomic E-state index is 0. The van der Waals surface area contributed by atoms with Crippen LogP contribution in [0.25, 0.3) is 5.57 Å². The Bertz CT molecular complexity index is 601. The van der Waals surface area contributed by atoms with E-state index in [-0.39, 0.29) is 59.1 Å². The summed E-state index contributed by atoms with van der Waals surface area (Å²) in [6.07, 6.45) is 3.54. The van der Waals surface area contributed by atoms with Crippen molar-refractivity contribution in [2.75, 3.05) is 20.1 Å². The maximum atomic E-state index is 8.93. The molecule has 1 aromatic rings. The SMILES string of the molecule is CC1=C(c2nc(C3CC3)no2)CN(C)CC1.O=C([O-])C(=O)[O-].[Na+].[Na+]. The zero-order valence-electron chi connectivity index (χ0n) is 14.5. The summed E-state index contributed by atoms with van der Waals surface area (Å²) in [6.45, 7) is 4.22. The van der Waals surface area contributed by atoms with Crippen LogP contribution in [0.2, 0.25) is 0 Å². The number of likely N-dealkylation sites (N-methyl/N-ethyl adjacent to an activating group) is 1. The number of carbonyl (C=O) groups excluding carboxylic acids is 2. The van der Waals surface area contributed by atoms with Crippen molar-refractivity contribution < 1.29 is 83.4 Å². The molecular formula is C14H17N3Na2O5. The van der Waals surface area contributed by atoms with Crippen LogP contribution in [0.15, 0.2) is 10.1 Å². The standard InChI is InChI=1S/C12H17N3O.C2H2O4.2Na/c1-8-5-6-15(2)7-10(8)12-13-11(14-16-12)9-3-4-9;3-1(4)2(5)6;;/h9H,3-7H2,1-2H3;(H,3,4)(H,5,6);;/q;;2*+1/p-2. The zero-order valence-corrected chi connectivity index (χ0v) is 18.5. The van der Waals surface area contributed by atoms with E-state index in [0.29, 0.717) is 5.92 Å². The minimum atomic E-state index is -2.19. The van der Waals surface area contributed by atoms with Crippen LogP contribution < -0.4 is 69.3 Å². The van der Waals surface area contributed by atoms with Gasteiger partial charge in [-0.25, -0.2) is 0 Å². The molecule has 0 unspecified atom stereocenters. The van der Waals surface area contributed by atoms with E-state index >= 15 is 0 Å². The Hall–Kier alpha value is -0.220. The molecule has 10 heteroatoms. The fraction of sp³-hybridized carbons (Fsp3) is 0.571. The predicted octanol–water partition coefficient (Wildman–Crippen LogP) is -7.45. The van der Waals surface area contributed by atoms with Crippen molar-refractivity contribution in [1.29, 1.82) is 0 Å². The summed E-state index contributed by atoms with van der Waals surface area (Å²) in [5, 5.41) is 21.9. The van der Waals surface area contributed by atoms with E-state index in [1.807, 2.05) is 0 Å². The number of carboxylic acid groups (broad SMARTS) is 2. The number of aromatic nitrogens is 2. The average molecular weight is 353 g/mol. The largest absolute Gasteiger partial charge is 1.00 e. The molecule has 0 radical (unpaired) electrons. The van der Waals surface area contributed by atoms with E-state index in [1.54, 1.807) is 0 Å². The molecule has 24 heavy (non-hydrogen) atoms. The number of rotatable bonds is 2. The van der Waals surface area contributed by atoms with Crippen LogP contribution in [0.3, 0.4) is 0 Å². The van der Waals surface area contributed by atoms with E-state index in [1.165, 1.54) is 24.0 Å². The van der Waals surface area contributed by atoms with Crippen LogP contribution in [0.1, 0.15) is 43.8 Å². The van der Waals surface area contributed by atoms with Crippen LogP contribution >= 0.6 is 0 Å². The molecular weight excluding hydrogens is 336 g/mol. The van der Waals surface area contributed by atoms with E-state index in [0.717, 1.165) is 31.2 Å². The fourth-order valence-corrected chi connectivity index (χ4v) is 2.11. The van der Waals surface area contributed by atoms with E-state index < -0.39 is 11.9 Å². The Morgan fingerprint density at radius 3 is 2.29 bits per heavy atom. The molecule has 1 aromatic heterocycles. The molecule has 8 nitrogen and oxygen atoms in total. The van der Waals surface area contributed by atoms with Crippen molar-refractivity contribution in [3.8, 4) is 0 Å². The number of carbonyl (C=O) groups is 2. The van der Waals surface area contributed by atoms with Crippen molar-refractivity contribution in [2.24, 2.45) is 0 Å². The van der Waals surface area contributed by atoms with Gasteiger partial charge in [0.25, 0.3) is 5.89 Å². The third-order valence-corrected chi connectivity index (χ3v) is 3.62. The first kappa shape index (κ1) is 23.8. The van der Waals surface area contributed by atoms with Gasteiger partial charge in [-0.15, -0.1) is 0 Å². The smallest absolute Gasteiger partial charge is 0.543 e. The quantitative estimate of drug-likeness (QED) is 0.380. The summed E-state index contributed by atoms with van der Waals surface area (Å²) < 4.78 is 5.38. The zero-order chi connectivity index (χ0) is 16.3. The average Bonchev–Trinajstić information content (AvgIpc) is 3.20. The maximum Gasteiger partial charge on any atom is 1.00 e. The normalized spacial score (nSPS) is 17.1. The molecule has 1 saturated carbocycles. The van der Waals surface area contributed by atoms with Crippen LogP contribution in [0, 0.1) is 0 Å². The molecule has 0 N–H and O–H groups in total. The number of hydrogen-bond acceptors (Lipinski definition) is 8. The Balaban J connectivity index is 0.000000581. The molecule has 2 aliphatic rings. The van der Waals surface area contributed by atoms with Crippen molar-refractivity contribution in [1.82, 2.24) is 15.0 Å². The van der Waals surface area contributed by atoms with Gasteiger partial charge in [0.2, 0.25) is 0 Å². The van der Waals surface area contributed by atoms with E-state index in [9.17, 15) is 0 Å². The number of nitrogens with zero attached hydrogens (tertiary/aromatic N) is 3. The molecule has 2 heterocycles. The number of aliphatic carboxylic acids is 2. The van der Waals surface area contributed by atoms with Crippen molar-refractivity contribution in [3.05, 3.63) is 17.3 Å². The van der Waals surface area contributed by atoms with Gasteiger partial charge in [0.05, 0.1) is 11.9 Å². The van der Waals surface area contributed by atoms with Gasteiger partial charge in [0.15, 0.2) is 5.82 Å². The Kier molecular flexibility index (Phi) is 10.6. The Morgan fingerprint density at radius 2 is 1.79 bits per heavy atom. The van der Waals surface area contributed by atoms with Gasteiger partial charge in [-0.3, -0.25) is 0 Å². The first-order valence-corrected chi connectivity index (χ1v) is 7.02. The van der Waals surface area contributed by atoms with Crippen LogP contribution in [-0.2, 0) is 9.59 Å². The van der Waals surface area contributed by atoms with Crippen molar-refractivity contribution >= 4 is 17.5 Å². The first-order chi connectivity index (χ1) is 10.4. The van der Waals surface area contributed by atoms with Gasteiger partial charge < -0.3 is 29.2 Å². The molecule has 0 amide bonds. The fourth-order valence-electron chi connectivity index (χ4n) is 2.11. The molecule has 1 fully saturated rings. The van der Waals surface area contributed by atoms with E-state index in [2.05, 4.69) is 29.0 Å². The third-order valence-electron chi connectivity index (χ3n) is 3.62. The minimum Gasteiger partial charge on any atom is -0.543 e. The van der Waals surface area contributed by atoms with Gasteiger partial charge in [-0.2, -0.15) is 4.98 Å². The predicted molar refractivity (Wildman–Crippen MR) is 71.0 cm³/mol. The first-order valence-electron chi connectivity index (χ1n) is 7.02. The molecule has 0 spiro atoms. The third kappa shape index (κ3) is 6.95. The van der Waals surface area contributed by atoms with E-state index in [4.69, 9.17) is 24.3 Å². The Morgan fingerprint density at radius 1 is 1.21 bits per heavy atom. The summed E-state index contributed by atoms with van der Waals surface area (Å²) in [7, 11) is 2.13. The monoisotopic (exact) mass is 353 g/mol. The number of hydrogen-bond donors (Lipinski definition) is 0. The molecule has 1 aliphatic heterocycles. The summed E-state index contributed by atoms with van der Waals surface area (Å²) in [6, 6.07) is 0. The van der Waals surface area contributed by atoms with Crippen molar-refractivity contribution in [3.63, 3.8) is 0 Å². The summed E-state index contributed by atoms with van der Waals surface area (Å²) in [5.74, 6) is -2.15. The second-order valence-electron chi connectivity index (χ2n) is 5.55. The van der Waals surface area contributed by atoms with Gasteiger partial charge >= 0.3 is 59.1 Å². The van der Waals surface area contributed by atoms with Gasteiger partial charge in [-0.05, 0) is 33.2 Å². The van der Waals surface area contributed by atoms with Crippen LogP contribution in [-0.4, -0.2) is 47.1 Å². The topological polar surface area (TPSA) is 122 Å². The molecule has 0 atom stereocenters. The molecule has 0 bridgehead atoms. The second-order valence-corrected chi connectivity index (χ2v) is 5.55. The Labute approximate surface area is 184 Å². The van der Waals surface area contributed by atoms with Gasteiger partial charge in [0, 0.05) is 24.6 Å². The number of carboxylic acids is 2. The van der Waals surface area contributed by atoms with Crippen LogP contribution in [0.4, 0.5) is 0 Å². The summed E-state index contributed by atoms with van der Waals surface area (Å²) in [5.41, 5.74) is 2.62. The van der Waals surface area contributed by atoms with Crippen LogP contribution in [0.5, 0.6) is 0 Å². The molecule has 1 aliphatic carbocycles. The summed E-state index contributed by atoms with van der Waals surface area (Å²) >= 11 is 0.